The Kier molecular flexibility index (Phi) is 14.3. The van der Waals surface area contributed by atoms with Crippen LogP contribution < -0.4 is 0 Å². The van der Waals surface area contributed by atoms with Gasteiger partial charge >= 0.3 is 11.9 Å². The molecular formula is C21H32O9. The highest BCUT2D eigenvalue weighted by Gasteiger charge is 2.20. The third-order valence-electron chi connectivity index (χ3n) is 4.80. The van der Waals surface area contributed by atoms with Gasteiger partial charge in [0.15, 0.2) is 0 Å². The van der Waals surface area contributed by atoms with E-state index in [2.05, 4.69) is 0 Å². The van der Waals surface area contributed by atoms with Crippen molar-refractivity contribution in [2.45, 2.75) is 64.2 Å². The molecule has 0 aliphatic heterocycles. The molecule has 1 aromatic carbocycles. The fourth-order valence-corrected chi connectivity index (χ4v) is 3.28. The van der Waals surface area contributed by atoms with Gasteiger partial charge in [-0.3, -0.25) is 14.4 Å². The molecule has 0 atom stereocenters. The van der Waals surface area contributed by atoms with Crippen LogP contribution in [0.15, 0.2) is 18.2 Å². The SMILES string of the molecule is O=C(O)C1CCCCC1.O=C(O)C1CCCCC1.O=CO.Oc1cc(O)cc(O)c1. The maximum Gasteiger partial charge on any atom is 0.306 e. The Morgan fingerprint density at radius 2 is 0.900 bits per heavy atom. The molecule has 0 unspecified atom stereocenters. The first-order valence-corrected chi connectivity index (χ1v) is 9.96. The summed E-state index contributed by atoms with van der Waals surface area (Å²) in [5.74, 6) is -1.70. The van der Waals surface area contributed by atoms with Crippen LogP contribution in [0, 0.1) is 11.8 Å². The summed E-state index contributed by atoms with van der Waals surface area (Å²) >= 11 is 0. The second-order valence-corrected chi connectivity index (χ2v) is 7.16. The van der Waals surface area contributed by atoms with Crippen molar-refractivity contribution >= 4 is 18.4 Å². The summed E-state index contributed by atoms with van der Waals surface area (Å²) in [7, 11) is 0. The average molecular weight is 428 g/mol. The molecule has 9 nitrogen and oxygen atoms in total. The number of hydrogen-bond acceptors (Lipinski definition) is 6. The number of carboxylic acids is 2. The summed E-state index contributed by atoms with van der Waals surface area (Å²) in [6, 6.07) is 3.42. The highest BCUT2D eigenvalue weighted by Crippen LogP contribution is 2.24. The Hall–Kier alpha value is -2.97. The third kappa shape index (κ3) is 13.2. The van der Waals surface area contributed by atoms with Gasteiger partial charge in [0, 0.05) is 18.2 Å². The Balaban J connectivity index is 0.000000394. The zero-order valence-electron chi connectivity index (χ0n) is 16.9. The Morgan fingerprint density at radius 1 is 0.667 bits per heavy atom. The zero-order valence-corrected chi connectivity index (χ0v) is 16.9. The van der Waals surface area contributed by atoms with Crippen molar-refractivity contribution in [3.8, 4) is 17.2 Å². The smallest absolute Gasteiger partial charge is 0.306 e. The first-order valence-electron chi connectivity index (χ1n) is 9.96. The molecule has 30 heavy (non-hydrogen) atoms. The number of aliphatic carboxylic acids is 2. The maximum atomic E-state index is 10.4. The lowest BCUT2D eigenvalue weighted by atomic mass is 9.90. The molecule has 0 bridgehead atoms. The van der Waals surface area contributed by atoms with Gasteiger partial charge in [-0.05, 0) is 25.7 Å². The number of benzene rings is 1. The largest absolute Gasteiger partial charge is 0.508 e. The minimum Gasteiger partial charge on any atom is -0.508 e. The van der Waals surface area contributed by atoms with Crippen LogP contribution in [-0.4, -0.2) is 49.0 Å². The van der Waals surface area contributed by atoms with Crippen LogP contribution in [0.3, 0.4) is 0 Å². The monoisotopic (exact) mass is 428 g/mol. The molecule has 0 aromatic heterocycles. The molecule has 1 aromatic rings. The minimum absolute atomic E-state index is 0.0289. The van der Waals surface area contributed by atoms with Gasteiger partial charge in [-0.15, -0.1) is 0 Å². The van der Waals surface area contributed by atoms with Gasteiger partial charge in [0.1, 0.15) is 17.2 Å². The van der Waals surface area contributed by atoms with E-state index in [0.717, 1.165) is 69.6 Å². The summed E-state index contributed by atoms with van der Waals surface area (Å²) < 4.78 is 0. The summed E-state index contributed by atoms with van der Waals surface area (Å²) in [5.41, 5.74) is 0. The van der Waals surface area contributed by atoms with Gasteiger partial charge in [-0.1, -0.05) is 38.5 Å². The van der Waals surface area contributed by atoms with Gasteiger partial charge < -0.3 is 30.6 Å². The Morgan fingerprint density at radius 3 is 1.07 bits per heavy atom. The highest BCUT2D eigenvalue weighted by atomic mass is 16.4. The number of aromatic hydroxyl groups is 3. The maximum absolute atomic E-state index is 10.4. The molecule has 2 fully saturated rings. The van der Waals surface area contributed by atoms with Crippen molar-refractivity contribution in [1.29, 1.82) is 0 Å². The topological polar surface area (TPSA) is 173 Å². The van der Waals surface area contributed by atoms with E-state index >= 15 is 0 Å². The molecule has 6 N–H and O–H groups in total. The Labute approximate surface area is 175 Å². The lowest BCUT2D eigenvalue weighted by Gasteiger charge is -2.16. The second-order valence-electron chi connectivity index (χ2n) is 7.16. The molecule has 3 rings (SSSR count). The molecule has 0 radical (unpaired) electrons. The molecule has 0 amide bonds. The number of phenolic OH excluding ortho intramolecular Hbond substituents is 3. The molecule has 2 aliphatic carbocycles. The lowest BCUT2D eigenvalue weighted by Crippen LogP contribution is -2.16. The Bertz CT molecular complexity index is 555. The molecule has 0 spiro atoms. The van der Waals surface area contributed by atoms with Gasteiger partial charge in [0.2, 0.25) is 0 Å². The molecule has 0 saturated heterocycles. The lowest BCUT2D eigenvalue weighted by molar-refractivity contribution is -0.143. The molecule has 2 aliphatic rings. The number of carboxylic acid groups (broad SMARTS) is 3. The van der Waals surface area contributed by atoms with Gasteiger partial charge in [-0.25, -0.2) is 0 Å². The van der Waals surface area contributed by atoms with E-state index in [-0.39, 0.29) is 35.6 Å². The molecule has 0 heterocycles. The van der Waals surface area contributed by atoms with Crippen molar-refractivity contribution in [3.63, 3.8) is 0 Å². The molecule has 9 heteroatoms. The van der Waals surface area contributed by atoms with Crippen molar-refractivity contribution < 1.29 is 45.0 Å². The predicted octanol–water partition coefficient (Wildman–Crippen LogP) is 3.81. The van der Waals surface area contributed by atoms with Crippen LogP contribution in [-0.2, 0) is 14.4 Å². The first-order chi connectivity index (χ1) is 14.2. The quantitative estimate of drug-likeness (QED) is 0.383. The first kappa shape index (κ1) is 27.0. The zero-order chi connectivity index (χ0) is 22.9. The van der Waals surface area contributed by atoms with E-state index in [1.54, 1.807) is 0 Å². The molecule has 2 saturated carbocycles. The second kappa shape index (κ2) is 15.9. The van der Waals surface area contributed by atoms with Crippen LogP contribution in [0.1, 0.15) is 64.2 Å². The van der Waals surface area contributed by atoms with E-state index < -0.39 is 11.9 Å². The van der Waals surface area contributed by atoms with Crippen molar-refractivity contribution in [2.75, 3.05) is 0 Å². The van der Waals surface area contributed by atoms with E-state index in [1.165, 1.54) is 12.8 Å². The van der Waals surface area contributed by atoms with E-state index in [9.17, 15) is 9.59 Å². The number of rotatable bonds is 2. The summed E-state index contributed by atoms with van der Waals surface area (Å²) in [6.07, 6.45) is 10.5. The normalized spacial score (nSPS) is 16.3. The summed E-state index contributed by atoms with van der Waals surface area (Å²) in [5, 5.41) is 50.0. The van der Waals surface area contributed by atoms with Crippen LogP contribution in [0.4, 0.5) is 0 Å². The number of phenols is 3. The van der Waals surface area contributed by atoms with Crippen LogP contribution in [0.25, 0.3) is 0 Å². The van der Waals surface area contributed by atoms with E-state index in [0.29, 0.717) is 0 Å². The van der Waals surface area contributed by atoms with Crippen LogP contribution >= 0.6 is 0 Å². The van der Waals surface area contributed by atoms with Crippen LogP contribution in [0.5, 0.6) is 17.2 Å². The average Bonchev–Trinajstić information content (AvgIpc) is 2.70. The van der Waals surface area contributed by atoms with E-state index in [4.69, 9.17) is 35.4 Å². The van der Waals surface area contributed by atoms with Gasteiger partial charge in [-0.2, -0.15) is 0 Å². The highest BCUT2D eigenvalue weighted by molar-refractivity contribution is 5.70. The van der Waals surface area contributed by atoms with Crippen LogP contribution in [0.2, 0.25) is 0 Å². The predicted molar refractivity (Wildman–Crippen MR) is 109 cm³/mol. The molecular weight excluding hydrogens is 396 g/mol. The van der Waals surface area contributed by atoms with E-state index in [1.807, 2.05) is 0 Å². The number of hydrogen-bond donors (Lipinski definition) is 6. The number of carbonyl (C=O) groups is 3. The standard InChI is InChI=1S/2C7H12O2.C6H6O3.CH2O2/c2*8-7(9)6-4-2-1-3-5-6;7-4-1-5(8)3-6(9)2-4;2-1-3/h2*6H,1-5H2,(H,8,9);1-3,7-9H;1H,(H,2,3). The van der Waals surface area contributed by atoms with Crippen molar-refractivity contribution in [2.24, 2.45) is 11.8 Å². The minimum atomic E-state index is -0.602. The summed E-state index contributed by atoms with van der Waals surface area (Å²) in [6.45, 7) is -0.250. The molecule has 170 valence electrons. The summed E-state index contributed by atoms with van der Waals surface area (Å²) in [4.78, 5) is 29.1. The fraction of sp³-hybridized carbons (Fsp3) is 0.571. The van der Waals surface area contributed by atoms with Crippen molar-refractivity contribution in [3.05, 3.63) is 18.2 Å². The third-order valence-corrected chi connectivity index (χ3v) is 4.80. The van der Waals surface area contributed by atoms with Crippen molar-refractivity contribution in [1.82, 2.24) is 0 Å². The van der Waals surface area contributed by atoms with Gasteiger partial charge in [0.25, 0.3) is 6.47 Å². The van der Waals surface area contributed by atoms with Gasteiger partial charge in [0.05, 0.1) is 11.8 Å². The fourth-order valence-electron chi connectivity index (χ4n) is 3.28.